The number of nitrogens with zero attached hydrogens (tertiary/aromatic N) is 1. The predicted octanol–water partition coefficient (Wildman–Crippen LogP) is 4.92. The first-order valence-corrected chi connectivity index (χ1v) is 9.24. The van der Waals surface area contributed by atoms with Gasteiger partial charge in [-0.05, 0) is 35.2 Å². The smallest absolute Gasteiger partial charge is 0.289 e. The Morgan fingerprint density at radius 1 is 0.857 bits per heavy atom. The van der Waals surface area contributed by atoms with E-state index in [-0.39, 0.29) is 11.6 Å². The summed E-state index contributed by atoms with van der Waals surface area (Å²) in [5.74, 6) is -1.03. The number of halogens is 1. The normalized spacial score (nSPS) is 16.7. The number of carbonyl (C=O) groups excluding carboxylic acids is 1. The zero-order valence-corrected chi connectivity index (χ0v) is 15.3. The topological polar surface area (TPSA) is 40.5 Å². The van der Waals surface area contributed by atoms with Gasteiger partial charge in [0.05, 0.1) is 6.04 Å². The van der Waals surface area contributed by atoms with Gasteiger partial charge in [0.25, 0.3) is 5.91 Å². The van der Waals surface area contributed by atoms with Crippen molar-refractivity contribution in [3.05, 3.63) is 113 Å². The van der Waals surface area contributed by atoms with Crippen LogP contribution in [0.4, 0.5) is 4.39 Å². The highest BCUT2D eigenvalue weighted by atomic mass is 19.1. The maximum atomic E-state index is 13.4. The molecule has 4 heteroatoms. The van der Waals surface area contributed by atoms with Gasteiger partial charge in [-0.15, -0.1) is 0 Å². The second-order valence-corrected chi connectivity index (χ2v) is 6.82. The molecule has 4 rings (SSSR count). The summed E-state index contributed by atoms with van der Waals surface area (Å²) in [4.78, 5) is 14.6. The third kappa shape index (κ3) is 3.41. The van der Waals surface area contributed by atoms with E-state index in [1.807, 2.05) is 60.7 Å². The van der Waals surface area contributed by atoms with Crippen molar-refractivity contribution in [3.63, 3.8) is 0 Å². The van der Waals surface area contributed by atoms with E-state index in [9.17, 15) is 14.3 Å². The predicted molar refractivity (Wildman–Crippen MR) is 107 cm³/mol. The molecule has 1 unspecified atom stereocenters. The molecule has 1 N–H and O–H groups in total. The lowest BCUT2D eigenvalue weighted by Crippen LogP contribution is -2.32. The lowest BCUT2D eigenvalue weighted by Gasteiger charge is -2.27. The molecular formula is C24H20FNO2. The SMILES string of the molecule is O=C1C(O)=C(c2ccc(F)cc2)C(c2ccccc2)N1CCc1ccccc1. The maximum absolute atomic E-state index is 13.4. The Balaban J connectivity index is 1.72. The molecule has 0 spiro atoms. The number of benzene rings is 3. The summed E-state index contributed by atoms with van der Waals surface area (Å²) in [5, 5.41) is 10.7. The van der Waals surface area contributed by atoms with E-state index >= 15 is 0 Å². The zero-order valence-electron chi connectivity index (χ0n) is 15.3. The quantitative estimate of drug-likeness (QED) is 0.690. The van der Waals surface area contributed by atoms with E-state index in [0.717, 1.165) is 11.1 Å². The molecule has 1 atom stereocenters. The molecular weight excluding hydrogens is 353 g/mol. The average molecular weight is 373 g/mol. The van der Waals surface area contributed by atoms with Gasteiger partial charge in [0.2, 0.25) is 0 Å². The summed E-state index contributed by atoms with van der Waals surface area (Å²) in [6, 6.07) is 25.0. The fourth-order valence-electron chi connectivity index (χ4n) is 3.68. The third-order valence-electron chi connectivity index (χ3n) is 5.06. The monoisotopic (exact) mass is 373 g/mol. The lowest BCUT2D eigenvalue weighted by atomic mass is 9.93. The minimum absolute atomic E-state index is 0.270. The first-order chi connectivity index (χ1) is 13.6. The number of aliphatic hydroxyl groups is 1. The van der Waals surface area contributed by atoms with Gasteiger partial charge in [-0.3, -0.25) is 4.79 Å². The Bertz CT molecular complexity index is 998. The van der Waals surface area contributed by atoms with Gasteiger partial charge in [-0.25, -0.2) is 4.39 Å². The van der Waals surface area contributed by atoms with E-state index in [1.165, 1.54) is 12.1 Å². The number of rotatable bonds is 5. The molecule has 0 aromatic heterocycles. The van der Waals surface area contributed by atoms with Gasteiger partial charge in [0, 0.05) is 12.1 Å². The van der Waals surface area contributed by atoms with Crippen LogP contribution in [0.3, 0.4) is 0 Å². The first-order valence-electron chi connectivity index (χ1n) is 9.24. The summed E-state index contributed by atoms with van der Waals surface area (Å²) in [6.45, 7) is 0.469. The second-order valence-electron chi connectivity index (χ2n) is 6.82. The molecule has 3 aromatic carbocycles. The Hall–Kier alpha value is -3.40. The highest BCUT2D eigenvalue weighted by Gasteiger charge is 2.40. The molecule has 3 aromatic rings. The van der Waals surface area contributed by atoms with Crippen LogP contribution >= 0.6 is 0 Å². The van der Waals surface area contributed by atoms with Crippen molar-refractivity contribution in [2.45, 2.75) is 12.5 Å². The van der Waals surface area contributed by atoms with E-state index in [0.29, 0.717) is 24.1 Å². The molecule has 0 fully saturated rings. The number of aliphatic hydroxyl groups excluding tert-OH is 1. The summed E-state index contributed by atoms with van der Waals surface area (Å²) in [5.41, 5.74) is 3.19. The standard InChI is InChI=1S/C24H20FNO2/c25-20-13-11-18(12-14-20)21-22(19-9-5-2-6-10-19)26(24(28)23(21)27)16-15-17-7-3-1-4-8-17/h1-14,22,27H,15-16H2. The fourth-order valence-corrected chi connectivity index (χ4v) is 3.68. The summed E-state index contributed by atoms with van der Waals surface area (Å²) in [6.07, 6.45) is 0.680. The Morgan fingerprint density at radius 3 is 2.11 bits per heavy atom. The highest BCUT2D eigenvalue weighted by Crippen LogP contribution is 2.42. The average Bonchev–Trinajstić information content (AvgIpc) is 2.99. The van der Waals surface area contributed by atoms with Crippen molar-refractivity contribution in [1.29, 1.82) is 0 Å². The van der Waals surface area contributed by atoms with Gasteiger partial charge in [-0.2, -0.15) is 0 Å². The van der Waals surface area contributed by atoms with Crippen LogP contribution in [-0.2, 0) is 11.2 Å². The van der Waals surface area contributed by atoms with Crippen molar-refractivity contribution < 1.29 is 14.3 Å². The minimum atomic E-state index is -0.414. The van der Waals surface area contributed by atoms with Crippen LogP contribution in [0.1, 0.15) is 22.7 Å². The van der Waals surface area contributed by atoms with Gasteiger partial charge in [0.15, 0.2) is 5.76 Å². The Morgan fingerprint density at radius 2 is 1.46 bits per heavy atom. The van der Waals surface area contributed by atoms with Gasteiger partial charge >= 0.3 is 0 Å². The summed E-state index contributed by atoms with van der Waals surface area (Å²) in [7, 11) is 0. The summed E-state index contributed by atoms with van der Waals surface area (Å²) < 4.78 is 13.4. The van der Waals surface area contributed by atoms with Crippen LogP contribution in [0, 0.1) is 5.82 Å². The molecule has 0 saturated carbocycles. The van der Waals surface area contributed by atoms with E-state index in [1.54, 1.807) is 17.0 Å². The number of carbonyl (C=O) groups is 1. The fraction of sp³-hybridized carbons (Fsp3) is 0.125. The molecule has 28 heavy (non-hydrogen) atoms. The Kier molecular flexibility index (Phi) is 4.94. The van der Waals surface area contributed by atoms with Crippen molar-refractivity contribution in [1.82, 2.24) is 4.90 Å². The van der Waals surface area contributed by atoms with E-state index < -0.39 is 11.9 Å². The molecule has 1 amide bonds. The number of amides is 1. The van der Waals surface area contributed by atoms with Crippen molar-refractivity contribution in [3.8, 4) is 0 Å². The highest BCUT2D eigenvalue weighted by molar-refractivity contribution is 6.05. The van der Waals surface area contributed by atoms with Gasteiger partial charge < -0.3 is 10.0 Å². The largest absolute Gasteiger partial charge is 0.503 e. The van der Waals surface area contributed by atoms with Crippen LogP contribution < -0.4 is 0 Å². The Labute approximate surface area is 163 Å². The molecule has 0 radical (unpaired) electrons. The molecule has 0 saturated heterocycles. The number of hydrogen-bond donors (Lipinski definition) is 1. The molecule has 0 bridgehead atoms. The summed E-state index contributed by atoms with van der Waals surface area (Å²) >= 11 is 0. The molecule has 1 heterocycles. The molecule has 1 aliphatic rings. The first kappa shape index (κ1) is 18.0. The number of hydrogen-bond acceptors (Lipinski definition) is 2. The van der Waals surface area contributed by atoms with Crippen LogP contribution in [-0.4, -0.2) is 22.5 Å². The van der Waals surface area contributed by atoms with Gasteiger partial charge in [-0.1, -0.05) is 72.8 Å². The van der Waals surface area contributed by atoms with Crippen LogP contribution in [0.25, 0.3) is 5.57 Å². The lowest BCUT2D eigenvalue weighted by molar-refractivity contribution is -0.129. The van der Waals surface area contributed by atoms with Crippen LogP contribution in [0.15, 0.2) is 90.7 Å². The van der Waals surface area contributed by atoms with Crippen molar-refractivity contribution >= 4 is 11.5 Å². The molecule has 140 valence electrons. The van der Waals surface area contributed by atoms with Crippen LogP contribution in [0.2, 0.25) is 0 Å². The second kappa shape index (κ2) is 7.69. The molecule has 3 nitrogen and oxygen atoms in total. The minimum Gasteiger partial charge on any atom is -0.503 e. The van der Waals surface area contributed by atoms with Crippen molar-refractivity contribution in [2.75, 3.05) is 6.54 Å². The van der Waals surface area contributed by atoms with E-state index in [2.05, 4.69) is 0 Å². The van der Waals surface area contributed by atoms with Crippen molar-refractivity contribution in [2.24, 2.45) is 0 Å². The maximum Gasteiger partial charge on any atom is 0.289 e. The van der Waals surface area contributed by atoms with Crippen LogP contribution in [0.5, 0.6) is 0 Å². The molecule has 0 aliphatic carbocycles. The molecule has 1 aliphatic heterocycles. The zero-order chi connectivity index (χ0) is 19.5. The van der Waals surface area contributed by atoms with E-state index in [4.69, 9.17) is 0 Å². The third-order valence-corrected chi connectivity index (χ3v) is 5.06. The van der Waals surface area contributed by atoms with Gasteiger partial charge in [0.1, 0.15) is 5.82 Å².